The summed E-state index contributed by atoms with van der Waals surface area (Å²) in [6, 6.07) is 7.97. The lowest BCUT2D eigenvalue weighted by atomic mass is 10.2. The second kappa shape index (κ2) is 7.12. The van der Waals surface area contributed by atoms with Crippen LogP contribution in [0.2, 0.25) is 0 Å². The van der Waals surface area contributed by atoms with Crippen LogP contribution in [0.25, 0.3) is 6.08 Å². The van der Waals surface area contributed by atoms with E-state index in [0.717, 1.165) is 9.13 Å². The molecule has 1 N–H and O–H groups in total. The first-order valence-corrected chi connectivity index (χ1v) is 7.39. The van der Waals surface area contributed by atoms with Crippen molar-refractivity contribution in [1.82, 2.24) is 4.98 Å². The Morgan fingerprint density at radius 3 is 2.86 bits per heavy atom. The maximum absolute atomic E-state index is 11.9. The predicted octanol–water partition coefficient (Wildman–Crippen LogP) is 3.55. The summed E-state index contributed by atoms with van der Waals surface area (Å²) in [4.78, 5) is 26.2. The molecule has 1 aromatic heterocycles. The van der Waals surface area contributed by atoms with Gasteiger partial charge in [-0.3, -0.25) is 14.9 Å². The Morgan fingerprint density at radius 1 is 1.41 bits per heavy atom. The minimum atomic E-state index is -0.476. The van der Waals surface area contributed by atoms with Gasteiger partial charge in [-0.15, -0.1) is 0 Å². The van der Waals surface area contributed by atoms with Crippen molar-refractivity contribution >= 4 is 46.1 Å². The number of nitrogens with one attached hydrogen (secondary N) is 1. The fourth-order valence-corrected chi connectivity index (χ4v) is 2.35. The lowest BCUT2D eigenvalue weighted by molar-refractivity contribution is -0.384. The van der Waals surface area contributed by atoms with Gasteiger partial charge in [0.25, 0.3) is 5.69 Å². The number of rotatable bonds is 4. The zero-order valence-corrected chi connectivity index (χ0v) is 13.8. The van der Waals surface area contributed by atoms with Gasteiger partial charge in [-0.05, 0) is 52.8 Å². The standard InChI is InChI=1S/C15H12IN3O3/c1-10-7-12(16)9-17-15(10)18-14(20)6-5-11-3-2-4-13(8-11)19(21)22/h2-9H,1H3,(H,17,18,20)/b6-5+. The van der Waals surface area contributed by atoms with Gasteiger partial charge in [-0.2, -0.15) is 0 Å². The third-order valence-electron chi connectivity index (χ3n) is 2.79. The number of nitro benzene ring substituents is 1. The van der Waals surface area contributed by atoms with Crippen molar-refractivity contribution in [1.29, 1.82) is 0 Å². The Morgan fingerprint density at radius 2 is 2.18 bits per heavy atom. The highest BCUT2D eigenvalue weighted by Crippen LogP contribution is 2.16. The summed E-state index contributed by atoms with van der Waals surface area (Å²) >= 11 is 2.14. The molecule has 0 unspecified atom stereocenters. The van der Waals surface area contributed by atoms with E-state index in [1.165, 1.54) is 24.3 Å². The number of non-ortho nitro benzene ring substituents is 1. The highest BCUT2D eigenvalue weighted by molar-refractivity contribution is 14.1. The van der Waals surface area contributed by atoms with Gasteiger partial charge in [0.15, 0.2) is 0 Å². The number of amides is 1. The average Bonchev–Trinajstić information content (AvgIpc) is 2.48. The molecule has 6 nitrogen and oxygen atoms in total. The van der Waals surface area contributed by atoms with Crippen LogP contribution in [0.3, 0.4) is 0 Å². The van der Waals surface area contributed by atoms with Gasteiger partial charge in [-0.25, -0.2) is 4.98 Å². The predicted molar refractivity (Wildman–Crippen MR) is 92.5 cm³/mol. The smallest absolute Gasteiger partial charge is 0.270 e. The van der Waals surface area contributed by atoms with Crippen molar-refractivity contribution in [3.63, 3.8) is 0 Å². The number of nitrogens with zero attached hydrogens (tertiary/aromatic N) is 2. The molecule has 0 saturated carbocycles. The van der Waals surface area contributed by atoms with Gasteiger partial charge < -0.3 is 5.32 Å². The van der Waals surface area contributed by atoms with Gasteiger partial charge in [0.1, 0.15) is 5.82 Å². The number of halogens is 1. The summed E-state index contributed by atoms with van der Waals surface area (Å²) in [5, 5.41) is 13.4. The minimum Gasteiger partial charge on any atom is -0.307 e. The molecule has 0 spiro atoms. The van der Waals surface area contributed by atoms with E-state index in [2.05, 4.69) is 32.9 Å². The number of hydrogen-bond donors (Lipinski definition) is 1. The van der Waals surface area contributed by atoms with Gasteiger partial charge in [0.05, 0.1) is 4.92 Å². The van der Waals surface area contributed by atoms with Crippen molar-refractivity contribution in [3.05, 3.63) is 67.4 Å². The van der Waals surface area contributed by atoms with Crippen LogP contribution < -0.4 is 5.32 Å². The molecule has 0 aliphatic heterocycles. The van der Waals surface area contributed by atoms with Gasteiger partial charge in [-0.1, -0.05) is 12.1 Å². The third kappa shape index (κ3) is 4.35. The number of anilines is 1. The Hall–Kier alpha value is -2.29. The van der Waals surface area contributed by atoms with Gasteiger partial charge in [0.2, 0.25) is 5.91 Å². The van der Waals surface area contributed by atoms with E-state index < -0.39 is 4.92 Å². The van der Waals surface area contributed by atoms with Crippen LogP contribution in [0.15, 0.2) is 42.6 Å². The number of aryl methyl sites for hydroxylation is 1. The molecule has 0 fully saturated rings. The fourth-order valence-electron chi connectivity index (χ4n) is 1.74. The zero-order valence-electron chi connectivity index (χ0n) is 11.6. The van der Waals surface area contributed by atoms with Crippen LogP contribution in [-0.4, -0.2) is 15.8 Å². The molecule has 7 heteroatoms. The van der Waals surface area contributed by atoms with Crippen LogP contribution in [0.1, 0.15) is 11.1 Å². The minimum absolute atomic E-state index is 0.0160. The van der Waals surface area contributed by atoms with Crippen LogP contribution in [0.4, 0.5) is 11.5 Å². The molecule has 0 aliphatic carbocycles. The van der Waals surface area contributed by atoms with Crippen LogP contribution in [0.5, 0.6) is 0 Å². The summed E-state index contributed by atoms with van der Waals surface area (Å²) < 4.78 is 0.986. The highest BCUT2D eigenvalue weighted by Gasteiger charge is 2.05. The van der Waals surface area contributed by atoms with Crippen molar-refractivity contribution in [2.75, 3.05) is 5.32 Å². The van der Waals surface area contributed by atoms with E-state index in [1.54, 1.807) is 18.3 Å². The van der Waals surface area contributed by atoms with E-state index in [4.69, 9.17) is 0 Å². The molecule has 22 heavy (non-hydrogen) atoms. The molecule has 1 amide bonds. The topological polar surface area (TPSA) is 85.1 Å². The Kier molecular flexibility index (Phi) is 5.21. The second-order valence-corrected chi connectivity index (χ2v) is 5.74. The number of aromatic nitrogens is 1. The van der Waals surface area contributed by atoms with Crippen LogP contribution in [0, 0.1) is 20.6 Å². The van der Waals surface area contributed by atoms with E-state index in [9.17, 15) is 14.9 Å². The first-order chi connectivity index (χ1) is 10.5. The number of hydrogen-bond acceptors (Lipinski definition) is 4. The van der Waals surface area contributed by atoms with Crippen LogP contribution in [-0.2, 0) is 4.79 Å². The van der Waals surface area contributed by atoms with Gasteiger partial charge in [0, 0.05) is 28.0 Å². The zero-order chi connectivity index (χ0) is 16.1. The molecule has 0 radical (unpaired) electrons. The van der Waals surface area contributed by atoms with Crippen molar-refractivity contribution in [2.45, 2.75) is 6.92 Å². The Bertz CT molecular complexity index is 759. The monoisotopic (exact) mass is 409 g/mol. The second-order valence-electron chi connectivity index (χ2n) is 4.49. The first kappa shape index (κ1) is 16.1. The molecule has 2 aromatic rings. The van der Waals surface area contributed by atoms with E-state index in [1.807, 2.05) is 13.0 Å². The Balaban J connectivity index is 2.08. The molecular formula is C15H12IN3O3. The van der Waals surface area contributed by atoms with Gasteiger partial charge >= 0.3 is 0 Å². The molecule has 2 rings (SSSR count). The van der Waals surface area contributed by atoms with Crippen molar-refractivity contribution in [3.8, 4) is 0 Å². The average molecular weight is 409 g/mol. The molecule has 0 atom stereocenters. The van der Waals surface area contributed by atoms with E-state index >= 15 is 0 Å². The molecule has 0 aliphatic rings. The third-order valence-corrected chi connectivity index (χ3v) is 3.38. The molecular weight excluding hydrogens is 397 g/mol. The molecule has 0 bridgehead atoms. The number of benzene rings is 1. The lowest BCUT2D eigenvalue weighted by Gasteiger charge is -2.05. The van der Waals surface area contributed by atoms with E-state index in [-0.39, 0.29) is 11.6 Å². The summed E-state index contributed by atoms with van der Waals surface area (Å²) in [5.41, 5.74) is 1.43. The summed E-state index contributed by atoms with van der Waals surface area (Å²) in [5.74, 6) is 0.150. The fraction of sp³-hybridized carbons (Fsp3) is 0.0667. The quantitative estimate of drug-likeness (QED) is 0.362. The summed E-state index contributed by atoms with van der Waals surface area (Å²) in [6.07, 6.45) is 4.50. The molecule has 0 saturated heterocycles. The number of nitro groups is 1. The largest absolute Gasteiger partial charge is 0.307 e. The van der Waals surface area contributed by atoms with Crippen molar-refractivity contribution < 1.29 is 9.72 Å². The van der Waals surface area contributed by atoms with Crippen molar-refractivity contribution in [2.24, 2.45) is 0 Å². The number of carbonyl (C=O) groups is 1. The maximum atomic E-state index is 11.9. The summed E-state index contributed by atoms with van der Waals surface area (Å²) in [7, 11) is 0. The lowest BCUT2D eigenvalue weighted by Crippen LogP contribution is -2.10. The SMILES string of the molecule is Cc1cc(I)cnc1NC(=O)/C=C/c1cccc([N+](=O)[O-])c1. The maximum Gasteiger partial charge on any atom is 0.270 e. The Labute approximate surface area is 140 Å². The normalized spacial score (nSPS) is 10.6. The number of carbonyl (C=O) groups excluding carboxylic acids is 1. The van der Waals surface area contributed by atoms with E-state index in [0.29, 0.717) is 11.4 Å². The summed E-state index contributed by atoms with van der Waals surface area (Å²) in [6.45, 7) is 1.86. The number of pyridine rings is 1. The van der Waals surface area contributed by atoms with Crippen LogP contribution >= 0.6 is 22.6 Å². The first-order valence-electron chi connectivity index (χ1n) is 6.31. The molecule has 1 aromatic carbocycles. The highest BCUT2D eigenvalue weighted by atomic mass is 127. The molecule has 1 heterocycles. The molecule has 112 valence electrons.